The molecule has 2 unspecified atom stereocenters. The number of aliphatic carboxylic acids is 1. The molecule has 0 aromatic carbocycles. The number of carboxylic acid groups (broad SMARTS) is 1. The molecule has 18 heavy (non-hydrogen) atoms. The molecule has 0 bridgehead atoms. The maximum absolute atomic E-state index is 12.3. The first kappa shape index (κ1) is 15.0. The van der Waals surface area contributed by atoms with Crippen LogP contribution in [-0.4, -0.2) is 34.0 Å². The van der Waals surface area contributed by atoms with E-state index in [9.17, 15) is 9.59 Å². The first-order valence-electron chi connectivity index (χ1n) is 6.76. The van der Waals surface area contributed by atoms with Gasteiger partial charge in [-0.1, -0.05) is 13.8 Å². The van der Waals surface area contributed by atoms with E-state index in [2.05, 4.69) is 13.8 Å². The number of piperidine rings is 1. The SMILES string of the molecule is CC1CCCC(C)N1C(=O)CC(C)(C)CC(=O)O. The van der Waals surface area contributed by atoms with Crippen molar-refractivity contribution in [3.63, 3.8) is 0 Å². The van der Waals surface area contributed by atoms with Crippen molar-refractivity contribution in [2.45, 2.75) is 71.9 Å². The van der Waals surface area contributed by atoms with Gasteiger partial charge in [0.25, 0.3) is 0 Å². The summed E-state index contributed by atoms with van der Waals surface area (Å²) in [6.45, 7) is 7.85. The number of carbonyl (C=O) groups is 2. The molecule has 1 fully saturated rings. The molecule has 0 radical (unpaired) electrons. The normalized spacial score (nSPS) is 25.0. The summed E-state index contributed by atoms with van der Waals surface area (Å²) in [5, 5.41) is 8.85. The summed E-state index contributed by atoms with van der Waals surface area (Å²) < 4.78 is 0. The number of rotatable bonds is 4. The molecule has 1 aliphatic rings. The number of likely N-dealkylation sites (tertiary alicyclic amines) is 1. The fourth-order valence-electron chi connectivity index (χ4n) is 2.89. The van der Waals surface area contributed by atoms with Crippen molar-refractivity contribution in [3.8, 4) is 0 Å². The topological polar surface area (TPSA) is 57.6 Å². The lowest BCUT2D eigenvalue weighted by Gasteiger charge is -2.40. The zero-order chi connectivity index (χ0) is 13.9. The molecule has 2 atom stereocenters. The van der Waals surface area contributed by atoms with Crippen LogP contribution in [0.3, 0.4) is 0 Å². The third kappa shape index (κ3) is 4.00. The second-order valence-electron chi connectivity index (χ2n) is 6.34. The second kappa shape index (κ2) is 5.72. The van der Waals surface area contributed by atoms with Gasteiger partial charge in [-0.05, 0) is 38.5 Å². The number of carbonyl (C=O) groups excluding carboxylic acids is 1. The Morgan fingerprint density at radius 1 is 1.17 bits per heavy atom. The van der Waals surface area contributed by atoms with E-state index in [1.807, 2.05) is 18.7 Å². The van der Waals surface area contributed by atoms with Crippen molar-refractivity contribution in [2.24, 2.45) is 5.41 Å². The van der Waals surface area contributed by atoms with E-state index in [-0.39, 0.29) is 24.4 Å². The Kier molecular flexibility index (Phi) is 4.77. The van der Waals surface area contributed by atoms with Crippen molar-refractivity contribution >= 4 is 11.9 Å². The van der Waals surface area contributed by atoms with Crippen molar-refractivity contribution in [1.82, 2.24) is 4.90 Å². The van der Waals surface area contributed by atoms with E-state index >= 15 is 0 Å². The highest BCUT2D eigenvalue weighted by Gasteiger charge is 2.33. The van der Waals surface area contributed by atoms with Crippen molar-refractivity contribution in [2.75, 3.05) is 0 Å². The molecular formula is C14H25NO3. The van der Waals surface area contributed by atoms with Crippen LogP contribution >= 0.6 is 0 Å². The van der Waals surface area contributed by atoms with Gasteiger partial charge in [-0.15, -0.1) is 0 Å². The van der Waals surface area contributed by atoms with Gasteiger partial charge in [-0.2, -0.15) is 0 Å². The van der Waals surface area contributed by atoms with E-state index in [1.54, 1.807) is 0 Å². The fourth-order valence-corrected chi connectivity index (χ4v) is 2.89. The van der Waals surface area contributed by atoms with Gasteiger partial charge < -0.3 is 10.0 Å². The third-order valence-corrected chi connectivity index (χ3v) is 3.74. The Labute approximate surface area is 109 Å². The smallest absolute Gasteiger partial charge is 0.303 e. The summed E-state index contributed by atoms with van der Waals surface area (Å²) in [7, 11) is 0. The van der Waals surface area contributed by atoms with Crippen LogP contribution in [0.1, 0.15) is 59.8 Å². The van der Waals surface area contributed by atoms with Crippen molar-refractivity contribution in [3.05, 3.63) is 0 Å². The Morgan fingerprint density at radius 2 is 1.67 bits per heavy atom. The van der Waals surface area contributed by atoms with E-state index in [0.717, 1.165) is 12.8 Å². The number of amides is 1. The van der Waals surface area contributed by atoms with Gasteiger partial charge in [-0.25, -0.2) is 0 Å². The highest BCUT2D eigenvalue weighted by molar-refractivity contribution is 5.78. The van der Waals surface area contributed by atoms with Crippen molar-refractivity contribution < 1.29 is 14.7 Å². The largest absolute Gasteiger partial charge is 0.481 e. The van der Waals surface area contributed by atoms with Crippen LogP contribution in [0.5, 0.6) is 0 Å². The monoisotopic (exact) mass is 255 g/mol. The van der Waals surface area contributed by atoms with E-state index in [1.165, 1.54) is 6.42 Å². The number of hydrogen-bond acceptors (Lipinski definition) is 2. The highest BCUT2D eigenvalue weighted by Crippen LogP contribution is 2.30. The van der Waals surface area contributed by atoms with E-state index in [0.29, 0.717) is 6.42 Å². The number of nitrogens with zero attached hydrogens (tertiary/aromatic N) is 1. The maximum Gasteiger partial charge on any atom is 0.303 e. The van der Waals surface area contributed by atoms with Gasteiger partial charge in [0.2, 0.25) is 5.91 Å². The molecule has 1 saturated heterocycles. The Balaban J connectivity index is 2.66. The van der Waals surface area contributed by atoms with Gasteiger partial charge in [0.05, 0.1) is 6.42 Å². The molecule has 1 N–H and O–H groups in total. The van der Waals surface area contributed by atoms with Crippen LogP contribution in [0.15, 0.2) is 0 Å². The van der Waals surface area contributed by atoms with Gasteiger partial charge >= 0.3 is 5.97 Å². The lowest BCUT2D eigenvalue weighted by atomic mass is 9.84. The molecule has 4 nitrogen and oxygen atoms in total. The zero-order valence-corrected chi connectivity index (χ0v) is 11.9. The quantitative estimate of drug-likeness (QED) is 0.840. The molecule has 1 amide bonds. The van der Waals surface area contributed by atoms with E-state index < -0.39 is 11.4 Å². The van der Waals surface area contributed by atoms with Crippen LogP contribution in [0.2, 0.25) is 0 Å². The van der Waals surface area contributed by atoms with Gasteiger partial charge in [0.1, 0.15) is 0 Å². The minimum atomic E-state index is -0.840. The van der Waals surface area contributed by atoms with Crippen molar-refractivity contribution in [1.29, 1.82) is 0 Å². The average molecular weight is 255 g/mol. The number of carboxylic acids is 1. The van der Waals surface area contributed by atoms with Crippen LogP contribution in [0, 0.1) is 5.41 Å². The molecule has 0 aliphatic carbocycles. The summed E-state index contributed by atoms with van der Waals surface area (Å²) in [6.07, 6.45) is 3.62. The molecule has 0 aromatic rings. The minimum absolute atomic E-state index is 0.0370. The first-order chi connectivity index (χ1) is 8.23. The maximum atomic E-state index is 12.3. The zero-order valence-electron chi connectivity index (χ0n) is 11.9. The van der Waals surface area contributed by atoms with E-state index in [4.69, 9.17) is 5.11 Å². The second-order valence-corrected chi connectivity index (χ2v) is 6.34. The standard InChI is InChI=1S/C14H25NO3/c1-10-6-5-7-11(2)15(10)12(16)8-14(3,4)9-13(17)18/h10-11H,5-9H2,1-4H3,(H,17,18). The molecule has 1 rings (SSSR count). The lowest BCUT2D eigenvalue weighted by Crippen LogP contribution is -2.48. The highest BCUT2D eigenvalue weighted by atomic mass is 16.4. The van der Waals surface area contributed by atoms with Crippen LogP contribution in [0.4, 0.5) is 0 Å². The summed E-state index contributed by atoms with van der Waals surface area (Å²) in [5.74, 6) is -0.742. The first-order valence-corrected chi connectivity index (χ1v) is 6.76. The molecule has 4 heteroatoms. The number of hydrogen-bond donors (Lipinski definition) is 1. The minimum Gasteiger partial charge on any atom is -0.481 e. The molecule has 0 spiro atoms. The fraction of sp³-hybridized carbons (Fsp3) is 0.857. The molecule has 1 heterocycles. The Morgan fingerprint density at radius 3 is 2.11 bits per heavy atom. The summed E-state index contributed by atoms with van der Waals surface area (Å²) in [5.41, 5.74) is -0.472. The Bertz CT molecular complexity index is 315. The summed E-state index contributed by atoms with van der Waals surface area (Å²) in [6, 6.07) is 0.559. The Hall–Kier alpha value is -1.06. The van der Waals surface area contributed by atoms with Gasteiger partial charge in [-0.3, -0.25) is 9.59 Å². The molecular weight excluding hydrogens is 230 g/mol. The van der Waals surface area contributed by atoms with Gasteiger partial charge in [0.15, 0.2) is 0 Å². The summed E-state index contributed by atoms with van der Waals surface area (Å²) in [4.78, 5) is 25.1. The predicted molar refractivity (Wildman–Crippen MR) is 70.3 cm³/mol. The third-order valence-electron chi connectivity index (χ3n) is 3.74. The van der Waals surface area contributed by atoms with Gasteiger partial charge in [0, 0.05) is 18.5 Å². The average Bonchev–Trinajstić information content (AvgIpc) is 2.13. The predicted octanol–water partition coefficient (Wildman–Crippen LogP) is 2.67. The molecule has 0 saturated carbocycles. The summed E-state index contributed by atoms with van der Waals surface area (Å²) >= 11 is 0. The van der Waals surface area contributed by atoms with Crippen LogP contribution in [0.25, 0.3) is 0 Å². The van der Waals surface area contributed by atoms with Crippen LogP contribution in [-0.2, 0) is 9.59 Å². The molecule has 104 valence electrons. The molecule has 0 aromatic heterocycles. The molecule has 1 aliphatic heterocycles. The lowest BCUT2D eigenvalue weighted by molar-refractivity contribution is -0.142. The van der Waals surface area contributed by atoms with Crippen LogP contribution < -0.4 is 0 Å².